The van der Waals surface area contributed by atoms with Crippen molar-refractivity contribution in [3.05, 3.63) is 48.8 Å². The summed E-state index contributed by atoms with van der Waals surface area (Å²) in [5.41, 5.74) is 14.7. The fraction of sp³-hybridized carbons (Fsp3) is 0.0667. The number of rotatable bonds is 4. The number of anilines is 1. The molecule has 1 radical (unpaired) electrons. The van der Waals surface area contributed by atoms with Gasteiger partial charge < -0.3 is 16.5 Å². The highest BCUT2D eigenvalue weighted by molar-refractivity contribution is 6.00. The van der Waals surface area contributed by atoms with Crippen LogP contribution in [0.5, 0.6) is 0 Å². The van der Waals surface area contributed by atoms with E-state index in [0.717, 1.165) is 22.1 Å². The Morgan fingerprint density at radius 3 is 2.71 bits per heavy atom. The van der Waals surface area contributed by atoms with Crippen molar-refractivity contribution in [2.24, 2.45) is 5.73 Å². The first kappa shape index (κ1) is 13.1. The molecule has 1 aromatic carbocycles. The number of H-pyrrole nitrogens is 1. The van der Waals surface area contributed by atoms with Gasteiger partial charge in [0.25, 0.3) is 0 Å². The summed E-state index contributed by atoms with van der Waals surface area (Å²) in [5, 5.41) is 0.814. The zero-order chi connectivity index (χ0) is 14.8. The van der Waals surface area contributed by atoms with Gasteiger partial charge in [-0.2, -0.15) is 0 Å². The fourth-order valence-electron chi connectivity index (χ4n) is 2.25. The van der Waals surface area contributed by atoms with Gasteiger partial charge in [-0.05, 0) is 17.5 Å². The van der Waals surface area contributed by atoms with Crippen LogP contribution in [-0.2, 0) is 11.2 Å². The lowest BCUT2D eigenvalue weighted by Gasteiger charge is -2.03. The Kier molecular flexibility index (Phi) is 3.27. The van der Waals surface area contributed by atoms with Crippen molar-refractivity contribution in [3.8, 4) is 11.1 Å². The summed E-state index contributed by atoms with van der Waals surface area (Å²) in [7, 11) is 0. The van der Waals surface area contributed by atoms with Gasteiger partial charge in [0.05, 0.1) is 11.8 Å². The molecule has 0 unspecified atom stereocenters. The molecule has 3 aromatic rings. The van der Waals surface area contributed by atoms with E-state index >= 15 is 0 Å². The van der Waals surface area contributed by atoms with Crippen molar-refractivity contribution >= 4 is 22.8 Å². The molecular formula is C15H14N5O. The SMILES string of the molecule is NC(=O)[CH]Cc1ccc(-c2c[nH]c3ncnc(N)c23)cc1. The van der Waals surface area contributed by atoms with Crippen LogP contribution in [0.15, 0.2) is 36.8 Å². The van der Waals surface area contributed by atoms with Gasteiger partial charge in [-0.15, -0.1) is 0 Å². The smallest absolute Gasteiger partial charge is 0.221 e. The molecule has 105 valence electrons. The number of carbonyl (C=O) groups is 1. The number of hydrogen-bond donors (Lipinski definition) is 3. The summed E-state index contributed by atoms with van der Waals surface area (Å²) in [6.07, 6.45) is 5.27. The average Bonchev–Trinajstić information content (AvgIpc) is 2.91. The Hall–Kier alpha value is -2.89. The van der Waals surface area contributed by atoms with Crippen molar-refractivity contribution in [3.63, 3.8) is 0 Å². The number of nitrogens with zero attached hydrogens (tertiary/aromatic N) is 2. The van der Waals surface area contributed by atoms with E-state index in [1.54, 1.807) is 0 Å². The maximum Gasteiger partial charge on any atom is 0.221 e. The summed E-state index contributed by atoms with van der Waals surface area (Å²) in [6.45, 7) is 0. The Morgan fingerprint density at radius 1 is 1.24 bits per heavy atom. The number of carbonyl (C=O) groups excluding carboxylic acids is 1. The lowest BCUT2D eigenvalue weighted by atomic mass is 10.0. The number of amides is 1. The van der Waals surface area contributed by atoms with Crippen LogP contribution >= 0.6 is 0 Å². The molecule has 0 saturated heterocycles. The number of primary amides is 1. The molecular weight excluding hydrogens is 266 g/mol. The minimum atomic E-state index is -0.416. The third-order valence-electron chi connectivity index (χ3n) is 3.30. The van der Waals surface area contributed by atoms with Crippen LogP contribution in [0.4, 0.5) is 5.82 Å². The highest BCUT2D eigenvalue weighted by Gasteiger charge is 2.10. The van der Waals surface area contributed by atoms with Crippen LogP contribution < -0.4 is 11.5 Å². The number of nitrogens with two attached hydrogens (primary N) is 2. The molecule has 0 saturated carbocycles. The first-order valence-corrected chi connectivity index (χ1v) is 6.44. The van der Waals surface area contributed by atoms with Crippen LogP contribution in [0.3, 0.4) is 0 Å². The van der Waals surface area contributed by atoms with Gasteiger partial charge in [0.1, 0.15) is 17.8 Å². The highest BCUT2D eigenvalue weighted by Crippen LogP contribution is 2.30. The van der Waals surface area contributed by atoms with Gasteiger partial charge in [0.2, 0.25) is 5.91 Å². The van der Waals surface area contributed by atoms with E-state index in [2.05, 4.69) is 15.0 Å². The van der Waals surface area contributed by atoms with Gasteiger partial charge in [-0.1, -0.05) is 24.3 Å². The van der Waals surface area contributed by atoms with E-state index in [0.29, 0.717) is 17.9 Å². The number of nitrogen functional groups attached to an aromatic ring is 1. The molecule has 1 amide bonds. The Morgan fingerprint density at radius 2 is 2.00 bits per heavy atom. The maximum atomic E-state index is 10.7. The van der Waals surface area contributed by atoms with Crippen molar-refractivity contribution in [1.82, 2.24) is 15.0 Å². The number of aromatic nitrogens is 3. The van der Waals surface area contributed by atoms with E-state index in [1.807, 2.05) is 30.5 Å². The highest BCUT2D eigenvalue weighted by atomic mass is 16.1. The molecule has 0 fully saturated rings. The molecule has 2 aromatic heterocycles. The van der Waals surface area contributed by atoms with Crippen LogP contribution in [0.25, 0.3) is 22.2 Å². The molecule has 5 N–H and O–H groups in total. The zero-order valence-electron chi connectivity index (χ0n) is 11.2. The monoisotopic (exact) mass is 280 g/mol. The minimum absolute atomic E-state index is 0.416. The Bertz CT molecular complexity index is 791. The molecule has 6 heteroatoms. The van der Waals surface area contributed by atoms with Crippen LogP contribution in [0.2, 0.25) is 0 Å². The molecule has 0 aliphatic rings. The second-order valence-corrected chi connectivity index (χ2v) is 4.69. The second kappa shape index (κ2) is 5.24. The molecule has 0 aliphatic carbocycles. The predicted molar refractivity (Wildman–Crippen MR) is 80.9 cm³/mol. The number of fused-ring (bicyclic) bond motifs is 1. The number of benzene rings is 1. The lowest BCUT2D eigenvalue weighted by Crippen LogP contribution is -2.12. The van der Waals surface area contributed by atoms with E-state index in [9.17, 15) is 4.79 Å². The molecule has 0 atom stereocenters. The average molecular weight is 280 g/mol. The summed E-state index contributed by atoms with van der Waals surface area (Å²) < 4.78 is 0. The van der Waals surface area contributed by atoms with Gasteiger partial charge >= 0.3 is 0 Å². The van der Waals surface area contributed by atoms with Crippen LogP contribution in [0.1, 0.15) is 5.56 Å². The van der Waals surface area contributed by atoms with Gasteiger partial charge in [0.15, 0.2) is 0 Å². The standard InChI is InChI=1S/C15H14N5O/c16-12(21)6-3-9-1-4-10(5-2-9)11-7-18-15-13(11)14(17)19-8-20-15/h1-2,4-8H,3H2,(H2,16,21)(H3,17,18,19,20). The molecule has 21 heavy (non-hydrogen) atoms. The molecule has 3 rings (SSSR count). The van der Waals surface area contributed by atoms with Crippen LogP contribution in [-0.4, -0.2) is 20.9 Å². The largest absolute Gasteiger partial charge is 0.383 e. The van der Waals surface area contributed by atoms with Gasteiger partial charge in [0, 0.05) is 11.8 Å². The molecule has 6 nitrogen and oxygen atoms in total. The normalized spacial score (nSPS) is 10.9. The zero-order valence-corrected chi connectivity index (χ0v) is 11.2. The molecule has 0 bridgehead atoms. The third kappa shape index (κ3) is 2.55. The number of nitrogens with one attached hydrogen (secondary N) is 1. The van der Waals surface area contributed by atoms with Crippen LogP contribution in [0, 0.1) is 6.42 Å². The van der Waals surface area contributed by atoms with Crippen molar-refractivity contribution in [2.45, 2.75) is 6.42 Å². The first-order valence-electron chi connectivity index (χ1n) is 6.44. The topological polar surface area (TPSA) is 111 Å². The Labute approximate surface area is 121 Å². The molecule has 0 aliphatic heterocycles. The first-order chi connectivity index (χ1) is 10.1. The maximum absolute atomic E-state index is 10.7. The summed E-state index contributed by atoms with van der Waals surface area (Å²) in [4.78, 5) is 22.0. The van der Waals surface area contributed by atoms with Gasteiger partial charge in [-0.25, -0.2) is 9.97 Å². The van der Waals surface area contributed by atoms with E-state index in [1.165, 1.54) is 12.7 Å². The minimum Gasteiger partial charge on any atom is -0.383 e. The fourth-order valence-corrected chi connectivity index (χ4v) is 2.25. The number of hydrogen-bond acceptors (Lipinski definition) is 4. The summed E-state index contributed by atoms with van der Waals surface area (Å²) in [5.74, 6) is 0.0306. The lowest BCUT2D eigenvalue weighted by molar-refractivity contribution is -0.115. The molecule has 0 spiro atoms. The second-order valence-electron chi connectivity index (χ2n) is 4.69. The number of aromatic amines is 1. The van der Waals surface area contributed by atoms with E-state index < -0.39 is 5.91 Å². The van der Waals surface area contributed by atoms with E-state index in [-0.39, 0.29) is 0 Å². The van der Waals surface area contributed by atoms with Gasteiger partial charge in [-0.3, -0.25) is 4.79 Å². The Balaban J connectivity index is 1.94. The van der Waals surface area contributed by atoms with E-state index in [4.69, 9.17) is 11.5 Å². The summed E-state index contributed by atoms with van der Waals surface area (Å²) in [6, 6.07) is 7.85. The predicted octanol–water partition coefficient (Wildman–Crippen LogP) is 1.44. The van der Waals surface area contributed by atoms with Crippen molar-refractivity contribution in [2.75, 3.05) is 5.73 Å². The third-order valence-corrected chi connectivity index (χ3v) is 3.30. The summed E-state index contributed by atoms with van der Waals surface area (Å²) >= 11 is 0. The van der Waals surface area contributed by atoms with Crippen molar-refractivity contribution < 1.29 is 4.79 Å². The molecule has 2 heterocycles. The quantitative estimate of drug-likeness (QED) is 0.671. The van der Waals surface area contributed by atoms with Crippen molar-refractivity contribution in [1.29, 1.82) is 0 Å².